The van der Waals surface area contributed by atoms with Crippen LogP contribution in [0.1, 0.15) is 25.5 Å². The monoisotopic (exact) mass is 265 g/mol. The van der Waals surface area contributed by atoms with Crippen molar-refractivity contribution in [3.8, 4) is 0 Å². The summed E-state index contributed by atoms with van der Waals surface area (Å²) in [6, 6.07) is 4.54. The Bertz CT molecular complexity index is 441. The first kappa shape index (κ1) is 13.4. The van der Waals surface area contributed by atoms with E-state index in [-0.39, 0.29) is 0 Å². The van der Waals surface area contributed by atoms with Gasteiger partial charge in [0, 0.05) is 26.2 Å². The van der Waals surface area contributed by atoms with E-state index >= 15 is 0 Å². The van der Waals surface area contributed by atoms with Crippen LogP contribution in [0.3, 0.4) is 0 Å². The van der Waals surface area contributed by atoms with Crippen LogP contribution in [-0.2, 0) is 6.54 Å². The third-order valence-electron chi connectivity index (χ3n) is 2.94. The molecule has 18 heavy (non-hydrogen) atoms. The normalized spacial score (nSPS) is 14.6. The molecule has 3 nitrogen and oxygen atoms in total. The van der Waals surface area contributed by atoms with Crippen molar-refractivity contribution in [1.82, 2.24) is 10.3 Å². The van der Waals surface area contributed by atoms with E-state index in [1.54, 1.807) is 0 Å². The summed E-state index contributed by atoms with van der Waals surface area (Å²) in [5.74, 6) is 0.940. The number of pyridine rings is 1. The Morgan fingerprint density at radius 3 is 2.89 bits per heavy atom. The van der Waals surface area contributed by atoms with E-state index < -0.39 is 0 Å². The molecule has 0 aromatic carbocycles. The zero-order chi connectivity index (χ0) is 13.1. The molecule has 0 unspecified atom stereocenters. The van der Waals surface area contributed by atoms with Crippen LogP contribution in [0.15, 0.2) is 24.3 Å². The van der Waals surface area contributed by atoms with E-state index in [1.807, 2.05) is 26.1 Å². The molecule has 4 heteroatoms. The van der Waals surface area contributed by atoms with Gasteiger partial charge in [-0.1, -0.05) is 23.8 Å². The summed E-state index contributed by atoms with van der Waals surface area (Å²) in [6.45, 7) is 7.49. The van der Waals surface area contributed by atoms with Crippen LogP contribution in [0.25, 0.3) is 0 Å². The van der Waals surface area contributed by atoms with Gasteiger partial charge in [-0.15, -0.1) is 0 Å². The molecule has 1 aromatic rings. The molecule has 0 atom stereocenters. The van der Waals surface area contributed by atoms with E-state index in [9.17, 15) is 0 Å². The molecule has 1 N–H and O–H groups in total. The van der Waals surface area contributed by atoms with Gasteiger partial charge in [0.25, 0.3) is 0 Å². The molecule has 1 aliphatic carbocycles. The Hall–Kier alpha value is -1.06. The quantitative estimate of drug-likeness (QED) is 0.802. The molecule has 0 spiro atoms. The smallest absolute Gasteiger partial charge is 0.129 e. The van der Waals surface area contributed by atoms with E-state index in [1.165, 1.54) is 12.8 Å². The SMILES string of the molecule is C=C(C)CN(C)c1ccc(Cl)c(CNC2CC2)n1. The maximum atomic E-state index is 6.17. The summed E-state index contributed by atoms with van der Waals surface area (Å²) in [7, 11) is 2.02. The second kappa shape index (κ2) is 5.72. The maximum Gasteiger partial charge on any atom is 0.129 e. The highest BCUT2D eigenvalue weighted by atomic mass is 35.5. The van der Waals surface area contributed by atoms with Gasteiger partial charge in [-0.25, -0.2) is 4.98 Å². The molecule has 1 heterocycles. The van der Waals surface area contributed by atoms with Gasteiger partial charge in [-0.2, -0.15) is 0 Å². The van der Waals surface area contributed by atoms with Crippen LogP contribution in [-0.4, -0.2) is 24.6 Å². The van der Waals surface area contributed by atoms with E-state index in [4.69, 9.17) is 11.6 Å². The van der Waals surface area contributed by atoms with Crippen molar-refractivity contribution < 1.29 is 0 Å². The lowest BCUT2D eigenvalue weighted by Crippen LogP contribution is -2.22. The predicted octanol–water partition coefficient (Wildman–Crippen LogP) is 3.00. The number of halogens is 1. The Labute approximate surface area is 114 Å². The zero-order valence-electron chi connectivity index (χ0n) is 11.0. The minimum absolute atomic E-state index is 0.666. The highest BCUT2D eigenvalue weighted by molar-refractivity contribution is 6.31. The number of aromatic nitrogens is 1. The van der Waals surface area contributed by atoms with Gasteiger partial charge in [0.2, 0.25) is 0 Å². The lowest BCUT2D eigenvalue weighted by Gasteiger charge is -2.19. The first-order chi connectivity index (χ1) is 8.56. The Balaban J connectivity index is 2.06. The van der Waals surface area contributed by atoms with Crippen molar-refractivity contribution in [3.63, 3.8) is 0 Å². The molecule has 0 aliphatic heterocycles. The molecule has 98 valence electrons. The summed E-state index contributed by atoms with van der Waals surface area (Å²) >= 11 is 6.17. The molecule has 0 bridgehead atoms. The van der Waals surface area contributed by atoms with Crippen molar-refractivity contribution in [2.75, 3.05) is 18.5 Å². The van der Waals surface area contributed by atoms with Gasteiger partial charge in [0.15, 0.2) is 0 Å². The standard InChI is InChI=1S/C14H20ClN3/c1-10(2)9-18(3)14-7-6-12(15)13(17-14)8-16-11-4-5-11/h6-7,11,16H,1,4-5,8-9H2,2-3H3. The third kappa shape index (κ3) is 3.72. The van der Waals surface area contributed by atoms with Gasteiger partial charge in [0.05, 0.1) is 10.7 Å². The molecular formula is C14H20ClN3. The zero-order valence-corrected chi connectivity index (χ0v) is 11.8. The van der Waals surface area contributed by atoms with Crippen LogP contribution < -0.4 is 10.2 Å². The largest absolute Gasteiger partial charge is 0.356 e. The fourth-order valence-corrected chi connectivity index (χ4v) is 2.00. The number of likely N-dealkylation sites (N-methyl/N-ethyl adjacent to an activating group) is 1. The van der Waals surface area contributed by atoms with Crippen LogP contribution in [0.2, 0.25) is 5.02 Å². The summed E-state index contributed by atoms with van der Waals surface area (Å²) in [4.78, 5) is 6.70. The van der Waals surface area contributed by atoms with Gasteiger partial charge in [-0.05, 0) is 31.9 Å². The Morgan fingerprint density at radius 1 is 1.56 bits per heavy atom. The third-order valence-corrected chi connectivity index (χ3v) is 3.28. The molecule has 1 aliphatic rings. The molecular weight excluding hydrogens is 246 g/mol. The van der Waals surface area contributed by atoms with Crippen molar-refractivity contribution in [1.29, 1.82) is 0 Å². The minimum Gasteiger partial charge on any atom is -0.356 e. The molecule has 1 saturated carbocycles. The summed E-state index contributed by atoms with van der Waals surface area (Å²) in [6.07, 6.45) is 2.54. The molecule has 0 saturated heterocycles. The highest BCUT2D eigenvalue weighted by Crippen LogP contribution is 2.22. The summed E-state index contributed by atoms with van der Waals surface area (Å²) in [5.41, 5.74) is 2.04. The predicted molar refractivity (Wildman–Crippen MR) is 77.2 cm³/mol. The van der Waals surface area contributed by atoms with Crippen LogP contribution in [0.5, 0.6) is 0 Å². The average Bonchev–Trinajstić information content (AvgIpc) is 3.10. The Morgan fingerprint density at radius 2 is 2.28 bits per heavy atom. The Kier molecular flexibility index (Phi) is 4.25. The van der Waals surface area contributed by atoms with Gasteiger partial charge < -0.3 is 10.2 Å². The van der Waals surface area contributed by atoms with Crippen LogP contribution in [0, 0.1) is 0 Å². The van der Waals surface area contributed by atoms with Crippen molar-refractivity contribution in [2.24, 2.45) is 0 Å². The first-order valence-corrected chi connectivity index (χ1v) is 6.68. The highest BCUT2D eigenvalue weighted by Gasteiger charge is 2.20. The summed E-state index contributed by atoms with van der Waals surface area (Å²) < 4.78 is 0. The number of hydrogen-bond acceptors (Lipinski definition) is 3. The number of nitrogens with one attached hydrogen (secondary N) is 1. The molecule has 0 amide bonds. The second-order valence-electron chi connectivity index (χ2n) is 5.07. The second-order valence-corrected chi connectivity index (χ2v) is 5.47. The number of nitrogens with zero attached hydrogens (tertiary/aromatic N) is 2. The fraction of sp³-hybridized carbons (Fsp3) is 0.500. The van der Waals surface area contributed by atoms with Crippen molar-refractivity contribution in [2.45, 2.75) is 32.4 Å². The number of rotatable bonds is 6. The van der Waals surface area contributed by atoms with E-state index in [0.717, 1.165) is 35.2 Å². The minimum atomic E-state index is 0.666. The van der Waals surface area contributed by atoms with E-state index in [0.29, 0.717) is 6.04 Å². The van der Waals surface area contributed by atoms with E-state index in [2.05, 4.69) is 21.8 Å². The number of anilines is 1. The lowest BCUT2D eigenvalue weighted by atomic mass is 10.3. The lowest BCUT2D eigenvalue weighted by molar-refractivity contribution is 0.674. The van der Waals surface area contributed by atoms with Gasteiger partial charge in [0.1, 0.15) is 5.82 Å². The maximum absolute atomic E-state index is 6.17. The van der Waals surface area contributed by atoms with Crippen molar-refractivity contribution in [3.05, 3.63) is 35.0 Å². The van der Waals surface area contributed by atoms with Gasteiger partial charge >= 0.3 is 0 Å². The molecule has 1 fully saturated rings. The topological polar surface area (TPSA) is 28.2 Å². The van der Waals surface area contributed by atoms with Crippen LogP contribution in [0.4, 0.5) is 5.82 Å². The molecule has 0 radical (unpaired) electrons. The van der Waals surface area contributed by atoms with Crippen LogP contribution >= 0.6 is 11.6 Å². The van der Waals surface area contributed by atoms with Crippen molar-refractivity contribution >= 4 is 17.4 Å². The average molecular weight is 266 g/mol. The first-order valence-electron chi connectivity index (χ1n) is 6.30. The molecule has 1 aromatic heterocycles. The number of hydrogen-bond donors (Lipinski definition) is 1. The summed E-state index contributed by atoms with van der Waals surface area (Å²) in [5, 5.41) is 4.17. The van der Waals surface area contributed by atoms with Gasteiger partial charge in [-0.3, -0.25) is 0 Å². The fourth-order valence-electron chi connectivity index (χ4n) is 1.82. The molecule has 2 rings (SSSR count).